The van der Waals surface area contributed by atoms with Crippen LogP contribution in [0.25, 0.3) is 0 Å². The molecule has 1 aliphatic rings. The molecule has 1 aromatic heterocycles. The van der Waals surface area contributed by atoms with Crippen molar-refractivity contribution in [3.63, 3.8) is 0 Å². The Labute approximate surface area is 196 Å². The third kappa shape index (κ3) is 6.27. The summed E-state index contributed by atoms with van der Waals surface area (Å²) in [6.07, 6.45) is 1.63. The van der Waals surface area contributed by atoms with E-state index in [0.29, 0.717) is 30.1 Å². The molecular formula is C20H27N5O4S3. The highest BCUT2D eigenvalue weighted by Crippen LogP contribution is 2.28. The van der Waals surface area contributed by atoms with Crippen LogP contribution in [-0.2, 0) is 19.6 Å². The molecule has 1 aliphatic heterocycles. The average Bonchev–Trinajstić information content (AvgIpc) is 3.38. The van der Waals surface area contributed by atoms with Crippen molar-refractivity contribution in [3.8, 4) is 0 Å². The normalized spacial score (nSPS) is 16.8. The lowest BCUT2D eigenvalue weighted by Crippen LogP contribution is -2.44. The average molecular weight is 498 g/mol. The first-order chi connectivity index (χ1) is 15.2. The molecular weight excluding hydrogens is 470 g/mol. The summed E-state index contributed by atoms with van der Waals surface area (Å²) in [5.74, 6) is -0.379. The van der Waals surface area contributed by atoms with Crippen LogP contribution >= 0.6 is 23.1 Å². The molecule has 1 fully saturated rings. The molecule has 12 heteroatoms. The van der Waals surface area contributed by atoms with Gasteiger partial charge >= 0.3 is 0 Å². The number of rotatable bonds is 9. The molecule has 174 valence electrons. The fraction of sp³-hybridized carbons (Fsp3) is 0.500. The van der Waals surface area contributed by atoms with Crippen molar-refractivity contribution >= 4 is 55.8 Å². The van der Waals surface area contributed by atoms with E-state index in [-0.39, 0.29) is 22.5 Å². The van der Waals surface area contributed by atoms with E-state index in [4.69, 9.17) is 0 Å². The summed E-state index contributed by atoms with van der Waals surface area (Å²) < 4.78 is 26.6. The number of aromatic nitrogens is 2. The Bertz CT molecular complexity index is 1090. The van der Waals surface area contributed by atoms with Crippen LogP contribution < -0.4 is 10.6 Å². The van der Waals surface area contributed by atoms with Crippen molar-refractivity contribution < 1.29 is 18.0 Å². The topological polar surface area (TPSA) is 121 Å². The van der Waals surface area contributed by atoms with Crippen molar-refractivity contribution in [2.45, 2.75) is 50.4 Å². The van der Waals surface area contributed by atoms with Gasteiger partial charge in [-0.2, -0.15) is 4.31 Å². The molecule has 2 amide bonds. The molecule has 2 aromatic rings. The Kier molecular flexibility index (Phi) is 8.26. The van der Waals surface area contributed by atoms with Gasteiger partial charge in [-0.1, -0.05) is 47.7 Å². The summed E-state index contributed by atoms with van der Waals surface area (Å²) in [4.78, 5) is 24.9. The van der Waals surface area contributed by atoms with Gasteiger partial charge in [-0.05, 0) is 44.7 Å². The Hall–Kier alpha value is -2.02. The zero-order valence-corrected chi connectivity index (χ0v) is 20.7. The van der Waals surface area contributed by atoms with Gasteiger partial charge in [-0.15, -0.1) is 10.2 Å². The third-order valence-electron chi connectivity index (χ3n) is 4.95. The van der Waals surface area contributed by atoms with Crippen LogP contribution in [0.1, 0.15) is 37.3 Å². The van der Waals surface area contributed by atoms with Crippen molar-refractivity contribution in [2.75, 3.05) is 28.7 Å². The minimum Gasteiger partial charge on any atom is -0.325 e. The smallest absolute Gasteiger partial charge is 0.244 e. The van der Waals surface area contributed by atoms with E-state index < -0.39 is 22.0 Å². The number of nitrogens with zero attached hydrogens (tertiary/aromatic N) is 3. The van der Waals surface area contributed by atoms with E-state index in [2.05, 4.69) is 20.8 Å². The third-order valence-corrected chi connectivity index (χ3v) is 8.99. The molecule has 1 aromatic carbocycles. The highest BCUT2D eigenvalue weighted by Gasteiger charge is 2.38. The molecule has 1 atom stereocenters. The van der Waals surface area contributed by atoms with Gasteiger partial charge in [0.05, 0.1) is 11.5 Å². The summed E-state index contributed by atoms with van der Waals surface area (Å²) in [7, 11) is -3.45. The lowest BCUT2D eigenvalue weighted by Gasteiger charge is -2.22. The maximum Gasteiger partial charge on any atom is 0.244 e. The number of benzene rings is 1. The molecule has 2 heterocycles. The molecule has 0 radical (unpaired) electrons. The van der Waals surface area contributed by atoms with Crippen LogP contribution in [-0.4, -0.2) is 58.8 Å². The van der Waals surface area contributed by atoms with Crippen LogP contribution in [0.4, 0.5) is 10.8 Å². The van der Waals surface area contributed by atoms with Gasteiger partial charge < -0.3 is 5.32 Å². The molecule has 32 heavy (non-hydrogen) atoms. The second kappa shape index (κ2) is 10.7. The van der Waals surface area contributed by atoms with Crippen LogP contribution in [0.2, 0.25) is 0 Å². The minimum atomic E-state index is -3.45. The number of nitrogens with one attached hydrogen (secondary N) is 2. The van der Waals surface area contributed by atoms with Crippen LogP contribution in [0.3, 0.4) is 0 Å². The maximum absolute atomic E-state index is 12.7. The number of carbonyl (C=O) groups excluding carboxylic acids is 2. The van der Waals surface area contributed by atoms with Gasteiger partial charge in [0.2, 0.25) is 27.0 Å². The van der Waals surface area contributed by atoms with Gasteiger partial charge in [0.15, 0.2) is 4.34 Å². The number of hydrogen-bond acceptors (Lipinski definition) is 8. The quantitative estimate of drug-likeness (QED) is 0.403. The van der Waals surface area contributed by atoms with Gasteiger partial charge in [0.1, 0.15) is 6.04 Å². The Morgan fingerprint density at radius 3 is 2.75 bits per heavy atom. The standard InChI is InChI=1S/C20H27N5O4S3/c1-4-10-32(28,29)25-9-5-6-16(25)18(27)22-19-23-24-20(31-19)30-12-17(26)21-15-8-7-13(2)11-14(15)3/h7-8,11,16H,4-6,9-10,12H2,1-3H3,(H,21,26)(H,22,23,27)/t16-/m1/s1. The summed E-state index contributed by atoms with van der Waals surface area (Å²) in [6.45, 7) is 6.08. The lowest BCUT2D eigenvalue weighted by atomic mass is 10.1. The molecule has 1 saturated heterocycles. The molecule has 0 saturated carbocycles. The molecule has 0 aliphatic carbocycles. The second-order valence-electron chi connectivity index (χ2n) is 7.60. The Morgan fingerprint density at radius 2 is 2.03 bits per heavy atom. The van der Waals surface area contributed by atoms with Crippen molar-refractivity contribution in [1.29, 1.82) is 0 Å². The number of thioether (sulfide) groups is 1. The molecule has 0 spiro atoms. The first-order valence-electron chi connectivity index (χ1n) is 10.3. The largest absolute Gasteiger partial charge is 0.325 e. The van der Waals surface area contributed by atoms with E-state index in [1.807, 2.05) is 32.0 Å². The lowest BCUT2D eigenvalue weighted by molar-refractivity contribution is -0.119. The van der Waals surface area contributed by atoms with Crippen molar-refractivity contribution in [1.82, 2.24) is 14.5 Å². The van der Waals surface area contributed by atoms with E-state index >= 15 is 0 Å². The number of aryl methyl sites for hydroxylation is 2. The van der Waals surface area contributed by atoms with Gasteiger partial charge in [-0.3, -0.25) is 14.9 Å². The van der Waals surface area contributed by atoms with E-state index in [1.54, 1.807) is 6.92 Å². The van der Waals surface area contributed by atoms with Gasteiger partial charge in [0, 0.05) is 12.2 Å². The Morgan fingerprint density at radius 1 is 1.25 bits per heavy atom. The Balaban J connectivity index is 1.53. The van der Waals surface area contributed by atoms with Gasteiger partial charge in [-0.25, -0.2) is 8.42 Å². The molecule has 0 unspecified atom stereocenters. The number of hydrogen-bond donors (Lipinski definition) is 2. The van der Waals surface area contributed by atoms with Crippen molar-refractivity contribution in [2.24, 2.45) is 0 Å². The monoisotopic (exact) mass is 497 g/mol. The fourth-order valence-electron chi connectivity index (χ4n) is 3.49. The molecule has 3 rings (SSSR count). The summed E-state index contributed by atoms with van der Waals surface area (Å²) in [5, 5.41) is 13.8. The zero-order chi connectivity index (χ0) is 23.3. The van der Waals surface area contributed by atoms with Crippen LogP contribution in [0, 0.1) is 13.8 Å². The first kappa shape index (κ1) is 24.6. The second-order valence-corrected chi connectivity index (χ2v) is 11.8. The molecule has 2 N–H and O–H groups in total. The zero-order valence-electron chi connectivity index (χ0n) is 18.3. The maximum atomic E-state index is 12.7. The molecule has 0 bridgehead atoms. The minimum absolute atomic E-state index is 0.0283. The predicted octanol–water partition coefficient (Wildman–Crippen LogP) is 3.03. The summed E-state index contributed by atoms with van der Waals surface area (Å²) in [5.41, 5.74) is 2.89. The van der Waals surface area contributed by atoms with Crippen LogP contribution in [0.5, 0.6) is 0 Å². The summed E-state index contributed by atoms with van der Waals surface area (Å²) >= 11 is 2.38. The number of amides is 2. The van der Waals surface area contributed by atoms with E-state index in [0.717, 1.165) is 28.2 Å². The number of sulfonamides is 1. The highest BCUT2D eigenvalue weighted by atomic mass is 32.2. The predicted molar refractivity (Wildman–Crippen MR) is 128 cm³/mol. The first-order valence-corrected chi connectivity index (χ1v) is 13.7. The number of anilines is 2. The van der Waals surface area contributed by atoms with E-state index in [9.17, 15) is 18.0 Å². The van der Waals surface area contributed by atoms with E-state index in [1.165, 1.54) is 16.1 Å². The van der Waals surface area contributed by atoms with Crippen molar-refractivity contribution in [3.05, 3.63) is 29.3 Å². The van der Waals surface area contributed by atoms with Crippen LogP contribution in [0.15, 0.2) is 22.5 Å². The highest BCUT2D eigenvalue weighted by molar-refractivity contribution is 8.01. The SMILES string of the molecule is CCCS(=O)(=O)N1CCC[C@@H]1C(=O)Nc1nnc(SCC(=O)Nc2ccc(C)cc2C)s1. The summed E-state index contributed by atoms with van der Waals surface area (Å²) in [6, 6.07) is 5.09. The molecule has 9 nitrogen and oxygen atoms in total. The number of carbonyl (C=O) groups is 2. The fourth-order valence-corrected chi connectivity index (χ4v) is 6.79. The van der Waals surface area contributed by atoms with Gasteiger partial charge in [0.25, 0.3) is 0 Å².